The summed E-state index contributed by atoms with van der Waals surface area (Å²) in [7, 11) is 0. The molecule has 2 N–H and O–H groups in total. The Balaban J connectivity index is 0.00000312. The van der Waals surface area contributed by atoms with E-state index < -0.39 is 0 Å². The first-order valence-electron chi connectivity index (χ1n) is 9.00. The van der Waals surface area contributed by atoms with Crippen LogP contribution < -0.4 is 10.6 Å². The minimum Gasteiger partial charge on any atom is -0.379 e. The van der Waals surface area contributed by atoms with Crippen LogP contribution in [-0.2, 0) is 17.6 Å². The fraction of sp³-hybridized carbons (Fsp3) is 0.765. The highest BCUT2D eigenvalue weighted by Gasteiger charge is 2.09. The highest BCUT2D eigenvalue weighted by molar-refractivity contribution is 14.0. The second-order valence-corrected chi connectivity index (χ2v) is 7.14. The maximum absolute atomic E-state index is 5.37. The van der Waals surface area contributed by atoms with E-state index in [2.05, 4.69) is 41.3 Å². The van der Waals surface area contributed by atoms with Gasteiger partial charge in [-0.15, -0.1) is 35.3 Å². The molecule has 8 heteroatoms. The third kappa shape index (κ3) is 8.19. The molecule has 144 valence electrons. The van der Waals surface area contributed by atoms with Gasteiger partial charge in [-0.1, -0.05) is 6.92 Å². The number of thiazole rings is 1. The first kappa shape index (κ1) is 22.6. The van der Waals surface area contributed by atoms with E-state index in [1.807, 2.05) is 11.3 Å². The van der Waals surface area contributed by atoms with Gasteiger partial charge in [-0.05, 0) is 20.3 Å². The van der Waals surface area contributed by atoms with Crippen molar-refractivity contribution in [3.8, 4) is 0 Å². The third-order valence-corrected chi connectivity index (χ3v) is 5.11. The van der Waals surface area contributed by atoms with Crippen LogP contribution in [0.25, 0.3) is 0 Å². The smallest absolute Gasteiger partial charge is 0.191 e. The van der Waals surface area contributed by atoms with Crippen molar-refractivity contribution in [3.05, 3.63) is 15.6 Å². The zero-order valence-corrected chi connectivity index (χ0v) is 18.8. The predicted octanol–water partition coefficient (Wildman–Crippen LogP) is 2.06. The quantitative estimate of drug-likeness (QED) is 0.338. The van der Waals surface area contributed by atoms with Crippen LogP contribution in [0.2, 0.25) is 0 Å². The number of aromatic nitrogens is 1. The number of hydrogen-bond donors (Lipinski definition) is 2. The molecule has 0 unspecified atom stereocenters. The zero-order valence-electron chi connectivity index (χ0n) is 15.6. The van der Waals surface area contributed by atoms with Crippen molar-refractivity contribution in [2.24, 2.45) is 4.99 Å². The van der Waals surface area contributed by atoms with E-state index in [0.717, 1.165) is 71.3 Å². The SMILES string of the molecule is CCNC(=NCCN1CCOCC1)NCCc1nc(CC)c(C)s1.I. The molecule has 0 saturated carbocycles. The van der Waals surface area contributed by atoms with Crippen LogP contribution in [0.4, 0.5) is 0 Å². The number of halogens is 1. The van der Waals surface area contributed by atoms with E-state index in [-0.39, 0.29) is 24.0 Å². The molecule has 1 fully saturated rings. The van der Waals surface area contributed by atoms with E-state index in [1.165, 1.54) is 15.6 Å². The van der Waals surface area contributed by atoms with Crippen LogP contribution in [-0.4, -0.2) is 68.3 Å². The summed E-state index contributed by atoms with van der Waals surface area (Å²) in [6, 6.07) is 0. The van der Waals surface area contributed by atoms with Gasteiger partial charge in [-0.2, -0.15) is 0 Å². The van der Waals surface area contributed by atoms with Crippen LogP contribution in [0, 0.1) is 6.92 Å². The number of nitrogens with zero attached hydrogens (tertiary/aromatic N) is 3. The molecule has 0 spiro atoms. The normalized spacial score (nSPS) is 15.7. The first-order chi connectivity index (χ1) is 11.7. The number of aryl methyl sites for hydroxylation is 2. The molecular formula is C17H32IN5OS. The highest BCUT2D eigenvalue weighted by atomic mass is 127. The van der Waals surface area contributed by atoms with Crippen molar-refractivity contribution in [2.45, 2.75) is 33.6 Å². The van der Waals surface area contributed by atoms with Crippen molar-refractivity contribution in [3.63, 3.8) is 0 Å². The summed E-state index contributed by atoms with van der Waals surface area (Å²) in [5.74, 6) is 0.898. The second kappa shape index (κ2) is 12.8. The maximum Gasteiger partial charge on any atom is 0.191 e. The van der Waals surface area contributed by atoms with Crippen LogP contribution in [0.3, 0.4) is 0 Å². The Bertz CT molecular complexity index is 517. The van der Waals surface area contributed by atoms with Gasteiger partial charge >= 0.3 is 0 Å². The van der Waals surface area contributed by atoms with Gasteiger partial charge in [0.25, 0.3) is 0 Å². The Morgan fingerprint density at radius 3 is 2.68 bits per heavy atom. The average molecular weight is 481 g/mol. The van der Waals surface area contributed by atoms with Gasteiger partial charge in [0.2, 0.25) is 0 Å². The Labute approximate surface area is 172 Å². The van der Waals surface area contributed by atoms with Gasteiger partial charge in [0, 0.05) is 44.0 Å². The van der Waals surface area contributed by atoms with Crippen molar-refractivity contribution >= 4 is 41.3 Å². The summed E-state index contributed by atoms with van der Waals surface area (Å²) < 4.78 is 5.37. The Morgan fingerprint density at radius 1 is 1.28 bits per heavy atom. The number of nitrogens with one attached hydrogen (secondary N) is 2. The monoisotopic (exact) mass is 481 g/mol. The fourth-order valence-electron chi connectivity index (χ4n) is 2.68. The number of aliphatic imine (C=N–C) groups is 1. The zero-order chi connectivity index (χ0) is 17.2. The summed E-state index contributed by atoms with van der Waals surface area (Å²) in [5, 5.41) is 7.94. The first-order valence-corrected chi connectivity index (χ1v) is 9.82. The summed E-state index contributed by atoms with van der Waals surface area (Å²) >= 11 is 1.81. The molecule has 0 aromatic carbocycles. The number of rotatable bonds is 8. The topological polar surface area (TPSA) is 61.8 Å². The second-order valence-electron chi connectivity index (χ2n) is 5.86. The minimum absolute atomic E-state index is 0. The summed E-state index contributed by atoms with van der Waals surface area (Å²) in [5.41, 5.74) is 1.24. The van der Waals surface area contributed by atoms with Gasteiger partial charge in [0.05, 0.1) is 30.5 Å². The van der Waals surface area contributed by atoms with Gasteiger partial charge < -0.3 is 15.4 Å². The molecule has 1 aliphatic heterocycles. The third-order valence-electron chi connectivity index (χ3n) is 4.04. The predicted molar refractivity (Wildman–Crippen MR) is 117 cm³/mol. The lowest BCUT2D eigenvalue weighted by Gasteiger charge is -2.25. The number of ether oxygens (including phenoxy) is 1. The molecule has 25 heavy (non-hydrogen) atoms. The molecule has 0 bridgehead atoms. The lowest BCUT2D eigenvalue weighted by atomic mass is 10.3. The van der Waals surface area contributed by atoms with Crippen LogP contribution in [0.5, 0.6) is 0 Å². The fourth-order valence-corrected chi connectivity index (χ4v) is 3.70. The van der Waals surface area contributed by atoms with Crippen molar-refractivity contribution in [1.82, 2.24) is 20.5 Å². The molecular weight excluding hydrogens is 449 g/mol. The molecule has 2 rings (SSSR count). The summed E-state index contributed by atoms with van der Waals surface area (Å²) in [4.78, 5) is 13.1. The van der Waals surface area contributed by atoms with Gasteiger partial charge in [0.15, 0.2) is 5.96 Å². The van der Waals surface area contributed by atoms with E-state index in [1.54, 1.807) is 0 Å². The van der Waals surface area contributed by atoms with Crippen LogP contribution >= 0.6 is 35.3 Å². The van der Waals surface area contributed by atoms with Crippen molar-refractivity contribution in [1.29, 1.82) is 0 Å². The number of guanidine groups is 1. The number of hydrogen-bond acceptors (Lipinski definition) is 5. The molecule has 0 amide bonds. The lowest BCUT2D eigenvalue weighted by Crippen LogP contribution is -2.40. The molecule has 1 aromatic rings. The average Bonchev–Trinajstić information content (AvgIpc) is 2.95. The van der Waals surface area contributed by atoms with Gasteiger partial charge in [-0.25, -0.2) is 4.98 Å². The molecule has 2 heterocycles. The van der Waals surface area contributed by atoms with Gasteiger partial charge in [0.1, 0.15) is 0 Å². The van der Waals surface area contributed by atoms with Crippen LogP contribution in [0.15, 0.2) is 4.99 Å². The Kier molecular flexibility index (Phi) is 11.6. The van der Waals surface area contributed by atoms with Crippen molar-refractivity contribution < 1.29 is 4.74 Å². The molecule has 6 nitrogen and oxygen atoms in total. The van der Waals surface area contributed by atoms with E-state index in [4.69, 9.17) is 9.72 Å². The molecule has 1 saturated heterocycles. The molecule has 0 radical (unpaired) electrons. The minimum atomic E-state index is 0. The number of morpholine rings is 1. The summed E-state index contributed by atoms with van der Waals surface area (Å²) in [6.07, 6.45) is 1.96. The standard InChI is InChI=1S/C17H31N5OS.HI/c1-4-15-14(3)24-16(21-15)6-7-19-17(18-5-2)20-8-9-22-10-12-23-13-11-22;/h4-13H2,1-3H3,(H2,18,19,20);1H. The lowest BCUT2D eigenvalue weighted by molar-refractivity contribution is 0.0394. The van der Waals surface area contributed by atoms with Crippen molar-refractivity contribution in [2.75, 3.05) is 52.5 Å². The van der Waals surface area contributed by atoms with E-state index in [0.29, 0.717) is 0 Å². The van der Waals surface area contributed by atoms with Gasteiger partial charge in [-0.3, -0.25) is 9.89 Å². The molecule has 1 aromatic heterocycles. The molecule has 0 aliphatic carbocycles. The Morgan fingerprint density at radius 2 is 2.04 bits per heavy atom. The Hall–Kier alpha value is -0.450. The highest BCUT2D eigenvalue weighted by Crippen LogP contribution is 2.17. The van der Waals surface area contributed by atoms with E-state index >= 15 is 0 Å². The summed E-state index contributed by atoms with van der Waals surface area (Å²) in [6.45, 7) is 13.7. The molecule has 1 aliphatic rings. The molecule has 0 atom stereocenters. The maximum atomic E-state index is 5.37. The van der Waals surface area contributed by atoms with E-state index in [9.17, 15) is 0 Å². The largest absolute Gasteiger partial charge is 0.379 e. The van der Waals surface area contributed by atoms with Crippen LogP contribution in [0.1, 0.15) is 29.4 Å².